The van der Waals surface area contributed by atoms with Crippen molar-refractivity contribution in [2.75, 3.05) is 17.7 Å². The number of carbonyl (C=O) groups is 2. The molecule has 10 heteroatoms. The van der Waals surface area contributed by atoms with E-state index in [0.717, 1.165) is 0 Å². The van der Waals surface area contributed by atoms with E-state index < -0.39 is 5.91 Å². The normalized spacial score (nSPS) is 11.0. The minimum atomic E-state index is -0.619. The number of para-hydroxylation sites is 1. The van der Waals surface area contributed by atoms with Crippen LogP contribution in [-0.2, 0) is 0 Å². The van der Waals surface area contributed by atoms with E-state index in [2.05, 4.69) is 20.9 Å². The Kier molecular flexibility index (Phi) is 8.14. The summed E-state index contributed by atoms with van der Waals surface area (Å²) in [4.78, 5) is 26.1. The van der Waals surface area contributed by atoms with Gasteiger partial charge in [-0.15, -0.1) is 10.2 Å². The molecule has 0 aliphatic carbocycles. The Morgan fingerprint density at radius 1 is 0.805 bits per heavy atom. The van der Waals surface area contributed by atoms with Crippen molar-refractivity contribution in [3.8, 4) is 11.5 Å². The number of phenols is 1. The lowest BCUT2D eigenvalue weighted by Gasteiger charge is -2.12. The number of amides is 2. The van der Waals surface area contributed by atoms with E-state index in [9.17, 15) is 14.7 Å². The number of methoxy groups -OCH3 is 1. The van der Waals surface area contributed by atoms with E-state index in [1.165, 1.54) is 19.2 Å². The Morgan fingerprint density at radius 2 is 1.56 bits per heavy atom. The highest BCUT2D eigenvalue weighted by Gasteiger charge is 2.20. The molecule has 0 radical (unpaired) electrons. The number of anilines is 2. The molecule has 8 nitrogen and oxygen atoms in total. The quantitative estimate of drug-likeness (QED) is 0.166. The molecule has 0 spiro atoms. The van der Waals surface area contributed by atoms with Gasteiger partial charge in [0.1, 0.15) is 17.1 Å². The second-order valence-electron chi connectivity index (χ2n) is 8.83. The van der Waals surface area contributed by atoms with Gasteiger partial charge in [-0.05, 0) is 60.0 Å². The van der Waals surface area contributed by atoms with Crippen LogP contribution in [0.5, 0.6) is 11.5 Å². The van der Waals surface area contributed by atoms with Crippen LogP contribution in [0.25, 0.3) is 10.8 Å². The number of hydrogen-bond acceptors (Lipinski definition) is 6. The van der Waals surface area contributed by atoms with Crippen LogP contribution in [0, 0.1) is 0 Å². The second kappa shape index (κ2) is 12.1. The van der Waals surface area contributed by atoms with Gasteiger partial charge in [0, 0.05) is 21.7 Å². The molecule has 41 heavy (non-hydrogen) atoms. The minimum absolute atomic E-state index is 0.0448. The van der Waals surface area contributed by atoms with Crippen LogP contribution < -0.4 is 15.4 Å². The van der Waals surface area contributed by atoms with Crippen LogP contribution in [-0.4, -0.2) is 24.0 Å². The molecule has 0 aromatic heterocycles. The van der Waals surface area contributed by atoms with Crippen molar-refractivity contribution < 1.29 is 19.4 Å². The number of nitrogens with zero attached hydrogens (tertiary/aromatic N) is 2. The molecule has 204 valence electrons. The summed E-state index contributed by atoms with van der Waals surface area (Å²) in [5, 5.41) is 27.2. The molecular weight excluding hydrogens is 563 g/mol. The molecule has 0 heterocycles. The summed E-state index contributed by atoms with van der Waals surface area (Å²) in [6.07, 6.45) is 0. The molecule has 0 aliphatic rings. The van der Waals surface area contributed by atoms with E-state index in [1.807, 2.05) is 18.2 Å². The van der Waals surface area contributed by atoms with E-state index in [0.29, 0.717) is 32.8 Å². The third kappa shape index (κ3) is 6.14. The number of halogens is 2. The number of azo groups is 1. The lowest BCUT2D eigenvalue weighted by Crippen LogP contribution is -2.12. The van der Waals surface area contributed by atoms with Crippen LogP contribution in [0.2, 0.25) is 10.0 Å². The van der Waals surface area contributed by atoms with Gasteiger partial charge >= 0.3 is 0 Å². The van der Waals surface area contributed by atoms with Gasteiger partial charge in [-0.25, -0.2) is 0 Å². The van der Waals surface area contributed by atoms with Crippen LogP contribution in [0.1, 0.15) is 20.7 Å². The van der Waals surface area contributed by atoms with E-state index >= 15 is 0 Å². The second-order valence-corrected chi connectivity index (χ2v) is 9.67. The van der Waals surface area contributed by atoms with Gasteiger partial charge in [-0.1, -0.05) is 65.7 Å². The number of aromatic hydroxyl groups is 1. The first-order valence-electron chi connectivity index (χ1n) is 12.3. The molecular formula is C31H22Cl2N4O4. The molecule has 0 saturated heterocycles. The van der Waals surface area contributed by atoms with Crippen LogP contribution in [0.3, 0.4) is 0 Å². The van der Waals surface area contributed by atoms with Gasteiger partial charge < -0.3 is 20.5 Å². The first kappa shape index (κ1) is 27.6. The summed E-state index contributed by atoms with van der Waals surface area (Å²) in [6, 6.07) is 27.1. The summed E-state index contributed by atoms with van der Waals surface area (Å²) in [5.41, 5.74) is 1.52. The van der Waals surface area contributed by atoms with Gasteiger partial charge in [-0.2, -0.15) is 0 Å². The third-order valence-electron chi connectivity index (χ3n) is 6.15. The smallest absolute Gasteiger partial charge is 0.259 e. The molecule has 2 amide bonds. The maximum atomic E-state index is 13.2. The van der Waals surface area contributed by atoms with Crippen molar-refractivity contribution in [2.24, 2.45) is 10.2 Å². The highest BCUT2D eigenvalue weighted by molar-refractivity contribution is 6.36. The minimum Gasteiger partial charge on any atom is -0.505 e. The number of phenolic OH excluding ortho intramolecular Hbond substituents is 1. The topological polar surface area (TPSA) is 112 Å². The third-order valence-corrected chi connectivity index (χ3v) is 6.71. The lowest BCUT2D eigenvalue weighted by atomic mass is 10.0. The molecule has 0 aliphatic heterocycles. The largest absolute Gasteiger partial charge is 0.505 e. The Bertz CT molecular complexity index is 1810. The number of carbonyl (C=O) groups excluding carboxylic acids is 2. The number of benzene rings is 5. The van der Waals surface area contributed by atoms with Crippen molar-refractivity contribution in [2.45, 2.75) is 0 Å². The van der Waals surface area contributed by atoms with Gasteiger partial charge in [0.2, 0.25) is 0 Å². The van der Waals surface area contributed by atoms with Crippen LogP contribution >= 0.6 is 23.2 Å². The van der Waals surface area contributed by atoms with Crippen molar-refractivity contribution in [3.63, 3.8) is 0 Å². The molecule has 0 fully saturated rings. The van der Waals surface area contributed by atoms with Crippen LogP contribution in [0.15, 0.2) is 107 Å². The van der Waals surface area contributed by atoms with Gasteiger partial charge in [0.15, 0.2) is 5.75 Å². The van der Waals surface area contributed by atoms with E-state index in [4.69, 9.17) is 27.9 Å². The van der Waals surface area contributed by atoms with Gasteiger partial charge in [0.25, 0.3) is 11.8 Å². The predicted octanol–water partition coefficient (Wildman–Crippen LogP) is 8.78. The average Bonchev–Trinajstić information content (AvgIpc) is 2.98. The van der Waals surface area contributed by atoms with Crippen molar-refractivity contribution in [1.82, 2.24) is 0 Å². The summed E-state index contributed by atoms with van der Waals surface area (Å²) in [6.45, 7) is 0. The maximum Gasteiger partial charge on any atom is 0.259 e. The molecule has 0 unspecified atom stereocenters. The van der Waals surface area contributed by atoms with E-state index in [1.54, 1.807) is 66.7 Å². The number of ether oxygens (including phenoxy) is 1. The lowest BCUT2D eigenvalue weighted by molar-refractivity contribution is 0.101. The molecule has 0 bridgehead atoms. The standard InChI is InChI=1S/C31H22Cl2N4O4/c1-41-27-14-11-19(30(39)34-21-8-3-2-4-9-21)16-26(27)36-37-28-22-10-6-5-7-18(22)15-23(29(28)38)31(40)35-25-17-20(32)12-13-24(25)33/h2-17,38H,1H3,(H,34,39)(H,35,40). The fraction of sp³-hybridized carbons (Fsp3) is 0.0323. The first-order chi connectivity index (χ1) is 19.8. The highest BCUT2D eigenvalue weighted by atomic mass is 35.5. The highest BCUT2D eigenvalue weighted by Crippen LogP contribution is 2.41. The van der Waals surface area contributed by atoms with Crippen LogP contribution in [0.4, 0.5) is 22.7 Å². The Balaban J connectivity index is 1.52. The fourth-order valence-corrected chi connectivity index (χ4v) is 4.45. The average molecular weight is 585 g/mol. The molecule has 0 atom stereocenters. The molecule has 5 rings (SSSR count). The zero-order chi connectivity index (χ0) is 28.9. The van der Waals surface area contributed by atoms with Crippen molar-refractivity contribution >= 4 is 68.5 Å². The zero-order valence-electron chi connectivity index (χ0n) is 21.6. The summed E-state index contributed by atoms with van der Waals surface area (Å²) >= 11 is 12.3. The molecule has 3 N–H and O–H groups in total. The first-order valence-corrected chi connectivity index (χ1v) is 13.1. The predicted molar refractivity (Wildman–Crippen MR) is 162 cm³/mol. The van der Waals surface area contributed by atoms with Crippen molar-refractivity contribution in [3.05, 3.63) is 118 Å². The summed E-state index contributed by atoms with van der Waals surface area (Å²) in [7, 11) is 1.47. The van der Waals surface area contributed by atoms with Crippen molar-refractivity contribution in [1.29, 1.82) is 0 Å². The SMILES string of the molecule is COc1ccc(C(=O)Nc2ccccc2)cc1N=Nc1c(O)c(C(=O)Nc2cc(Cl)ccc2Cl)cc2ccccc12. The summed E-state index contributed by atoms with van der Waals surface area (Å²) in [5.74, 6) is -0.994. The number of fused-ring (bicyclic) bond motifs is 1. The molecule has 0 saturated carbocycles. The Hall–Kier alpha value is -4.92. The fourth-order valence-electron chi connectivity index (χ4n) is 4.11. The summed E-state index contributed by atoms with van der Waals surface area (Å²) < 4.78 is 5.42. The zero-order valence-corrected chi connectivity index (χ0v) is 23.1. The molecule has 5 aromatic rings. The van der Waals surface area contributed by atoms with Gasteiger partial charge in [0.05, 0.1) is 23.4 Å². The maximum absolute atomic E-state index is 13.2. The Morgan fingerprint density at radius 3 is 2.34 bits per heavy atom. The molecule has 5 aromatic carbocycles. The monoisotopic (exact) mass is 584 g/mol. The number of hydrogen-bond donors (Lipinski definition) is 3. The van der Waals surface area contributed by atoms with Gasteiger partial charge in [-0.3, -0.25) is 9.59 Å². The Labute approximate surface area is 245 Å². The number of nitrogens with one attached hydrogen (secondary N) is 2. The number of rotatable bonds is 7. The van der Waals surface area contributed by atoms with E-state index in [-0.39, 0.29) is 39.3 Å².